The highest BCUT2D eigenvalue weighted by atomic mass is 17.2. The Hall–Kier alpha value is -0.0951. The molecule has 0 heterocycles. The fourth-order valence-electron chi connectivity index (χ4n) is 0.129. The first-order valence-electron chi connectivity index (χ1n) is 1.91. The van der Waals surface area contributed by atoms with Crippen molar-refractivity contribution in [2.45, 2.75) is 6.92 Å². The van der Waals surface area contributed by atoms with Gasteiger partial charge in [0.15, 0.2) is 0 Å². The average Bonchev–Trinajstić information content (AvgIpc) is 1.61. The van der Waals surface area contributed by atoms with E-state index in [-0.39, 0.29) is 0 Å². The maximum atomic E-state index is 7.89. The lowest BCUT2D eigenvalue weighted by atomic mass is 10.3. The Morgan fingerprint density at radius 3 is 2.29 bits per heavy atom. The molecule has 0 saturated carbocycles. The van der Waals surface area contributed by atoms with E-state index in [0.717, 1.165) is 0 Å². The topological polar surface area (TPSA) is 58.9 Å². The molecule has 0 aliphatic rings. The molecule has 0 saturated heterocycles. The first-order valence-corrected chi connectivity index (χ1v) is 1.91. The van der Waals surface area contributed by atoms with Crippen molar-refractivity contribution >= 4 is 7.32 Å². The lowest BCUT2D eigenvalue weighted by Crippen LogP contribution is -2.16. The molecular weight excluding hydrogens is 98.8 g/mol. The maximum absolute atomic E-state index is 7.89. The van der Waals surface area contributed by atoms with Crippen molar-refractivity contribution in [2.75, 3.05) is 6.61 Å². The average molecular weight is 106 g/mol. The first-order chi connectivity index (χ1) is 3.27. The minimum Gasteiger partial charge on any atom is -0.400 e. The van der Waals surface area contributed by atoms with Crippen molar-refractivity contribution in [1.82, 2.24) is 0 Å². The van der Waals surface area contributed by atoms with Crippen LogP contribution in [0.25, 0.3) is 0 Å². The lowest BCUT2D eigenvalue weighted by Gasteiger charge is -1.95. The molecule has 2 N–H and O–H groups in total. The maximum Gasteiger partial charge on any atom is 0.662 e. The summed E-state index contributed by atoms with van der Waals surface area (Å²) in [6, 6.07) is 0. The minimum atomic E-state index is -1.82. The highest BCUT2D eigenvalue weighted by Crippen LogP contribution is 1.75. The molecule has 7 heavy (non-hydrogen) atoms. The van der Waals surface area contributed by atoms with Gasteiger partial charge in [-0.3, -0.25) is 0 Å². The van der Waals surface area contributed by atoms with Crippen LogP contribution in [0.3, 0.4) is 0 Å². The zero-order chi connectivity index (χ0) is 5.70. The fraction of sp³-hybridized carbons (Fsp3) is 1.00. The van der Waals surface area contributed by atoms with E-state index in [4.69, 9.17) is 10.0 Å². The van der Waals surface area contributed by atoms with Crippen molar-refractivity contribution in [3.05, 3.63) is 0 Å². The lowest BCUT2D eigenvalue weighted by molar-refractivity contribution is -0.230. The Morgan fingerprint density at radius 2 is 2.14 bits per heavy atom. The second kappa shape index (κ2) is 4.07. The van der Waals surface area contributed by atoms with Gasteiger partial charge in [0.1, 0.15) is 0 Å². The van der Waals surface area contributed by atoms with E-state index in [1.165, 1.54) is 0 Å². The van der Waals surface area contributed by atoms with Crippen molar-refractivity contribution < 1.29 is 19.7 Å². The van der Waals surface area contributed by atoms with Gasteiger partial charge in [0.2, 0.25) is 0 Å². The summed E-state index contributed by atoms with van der Waals surface area (Å²) in [6.07, 6.45) is 0. The van der Waals surface area contributed by atoms with E-state index in [0.29, 0.717) is 6.61 Å². The van der Waals surface area contributed by atoms with E-state index in [9.17, 15) is 0 Å². The van der Waals surface area contributed by atoms with Gasteiger partial charge in [-0.2, -0.15) is 0 Å². The third-order valence-electron chi connectivity index (χ3n) is 0.272. The van der Waals surface area contributed by atoms with Gasteiger partial charge < -0.3 is 10.0 Å². The van der Waals surface area contributed by atoms with Crippen LogP contribution in [-0.2, 0) is 9.69 Å². The fourth-order valence-corrected chi connectivity index (χ4v) is 0.129. The first kappa shape index (κ1) is 6.90. The minimum absolute atomic E-state index is 0.303. The monoisotopic (exact) mass is 106 g/mol. The third kappa shape index (κ3) is 5.90. The van der Waals surface area contributed by atoms with E-state index in [2.05, 4.69) is 9.69 Å². The van der Waals surface area contributed by atoms with Gasteiger partial charge in [-0.1, -0.05) is 0 Å². The normalized spacial score (nSPS) is 9.00. The van der Waals surface area contributed by atoms with Crippen LogP contribution >= 0.6 is 0 Å². The van der Waals surface area contributed by atoms with Crippen molar-refractivity contribution in [1.29, 1.82) is 0 Å². The Kier molecular flexibility index (Phi) is 4.02. The van der Waals surface area contributed by atoms with E-state index < -0.39 is 7.32 Å². The van der Waals surface area contributed by atoms with E-state index in [1.54, 1.807) is 6.92 Å². The second-order valence-corrected chi connectivity index (χ2v) is 0.829. The van der Waals surface area contributed by atoms with Gasteiger partial charge in [-0.05, 0) is 6.92 Å². The van der Waals surface area contributed by atoms with Gasteiger partial charge in [-0.25, -0.2) is 9.69 Å². The molecule has 0 unspecified atom stereocenters. The zero-order valence-corrected chi connectivity index (χ0v) is 4.00. The summed E-state index contributed by atoms with van der Waals surface area (Å²) < 4.78 is 0. The molecular formula is C2H7BO4. The highest BCUT2D eigenvalue weighted by molar-refractivity contribution is 6.32. The van der Waals surface area contributed by atoms with Crippen LogP contribution in [0.1, 0.15) is 6.92 Å². The van der Waals surface area contributed by atoms with Gasteiger partial charge in [0.05, 0.1) is 6.61 Å². The quantitative estimate of drug-likeness (QED) is 0.273. The molecule has 0 atom stereocenters. The molecule has 0 aromatic carbocycles. The summed E-state index contributed by atoms with van der Waals surface area (Å²) in [5.74, 6) is 0. The molecule has 0 rings (SSSR count). The molecule has 42 valence electrons. The molecule has 0 aliphatic carbocycles. The molecule has 0 bridgehead atoms. The summed E-state index contributed by atoms with van der Waals surface area (Å²) in [4.78, 5) is 7.90. The summed E-state index contributed by atoms with van der Waals surface area (Å²) in [5.41, 5.74) is 0. The van der Waals surface area contributed by atoms with Gasteiger partial charge in [0.25, 0.3) is 0 Å². The van der Waals surface area contributed by atoms with Crippen LogP contribution < -0.4 is 0 Å². The largest absolute Gasteiger partial charge is 0.662 e. The number of hydrogen-bond acceptors (Lipinski definition) is 4. The standard InChI is InChI=1S/C2H7BO4/c1-2-6-7-3(4)5/h4-5H,2H2,1H3. The Bertz CT molecular complexity index is 38.7. The van der Waals surface area contributed by atoms with Crippen LogP contribution in [0, 0.1) is 0 Å². The molecule has 4 nitrogen and oxygen atoms in total. The van der Waals surface area contributed by atoms with Crippen LogP contribution in [0.5, 0.6) is 0 Å². The number of hydrogen-bond donors (Lipinski definition) is 2. The van der Waals surface area contributed by atoms with Crippen molar-refractivity contribution in [3.63, 3.8) is 0 Å². The van der Waals surface area contributed by atoms with Gasteiger partial charge in [0, 0.05) is 0 Å². The number of rotatable bonds is 3. The molecule has 0 aliphatic heterocycles. The van der Waals surface area contributed by atoms with E-state index >= 15 is 0 Å². The molecule has 0 amide bonds. The van der Waals surface area contributed by atoms with Gasteiger partial charge in [-0.15, -0.1) is 0 Å². The van der Waals surface area contributed by atoms with Crippen molar-refractivity contribution in [2.24, 2.45) is 0 Å². The van der Waals surface area contributed by atoms with Crippen LogP contribution in [0.15, 0.2) is 0 Å². The van der Waals surface area contributed by atoms with Crippen molar-refractivity contribution in [3.8, 4) is 0 Å². The van der Waals surface area contributed by atoms with Gasteiger partial charge >= 0.3 is 7.32 Å². The summed E-state index contributed by atoms with van der Waals surface area (Å²) >= 11 is 0. The summed E-state index contributed by atoms with van der Waals surface area (Å²) in [5, 5.41) is 15.8. The molecule has 0 radical (unpaired) electrons. The molecule has 0 aromatic rings. The summed E-state index contributed by atoms with van der Waals surface area (Å²) in [6.45, 7) is 1.97. The Labute approximate surface area is 41.8 Å². The summed E-state index contributed by atoms with van der Waals surface area (Å²) in [7, 11) is -1.82. The smallest absolute Gasteiger partial charge is 0.400 e. The Morgan fingerprint density at radius 1 is 1.57 bits per heavy atom. The van der Waals surface area contributed by atoms with Crippen LogP contribution in [-0.4, -0.2) is 24.0 Å². The third-order valence-corrected chi connectivity index (χ3v) is 0.272. The SMILES string of the molecule is CCOOB(O)O. The van der Waals surface area contributed by atoms with Crippen LogP contribution in [0.4, 0.5) is 0 Å². The highest BCUT2D eigenvalue weighted by Gasteiger charge is 2.07. The predicted molar refractivity (Wildman–Crippen MR) is 22.9 cm³/mol. The molecule has 0 fully saturated rings. The molecule has 5 heteroatoms. The second-order valence-electron chi connectivity index (χ2n) is 0.829. The zero-order valence-electron chi connectivity index (χ0n) is 4.00. The van der Waals surface area contributed by atoms with E-state index in [1.807, 2.05) is 0 Å². The van der Waals surface area contributed by atoms with Crippen LogP contribution in [0.2, 0.25) is 0 Å². The predicted octanol–water partition coefficient (Wildman–Crippen LogP) is -1.08. The Balaban J connectivity index is 2.68. The molecule has 0 aromatic heterocycles. The molecule has 0 spiro atoms.